The normalized spacial score (nSPS) is 10.3. The standard InChI is InChI=1S/C13H11BrFNO2/c14-12-10(4-1-5-11(12)15)13(17)16-7-6-9-3-2-8-18-9/h1-5,8H,6-7H2,(H,16,17). The Hall–Kier alpha value is -1.62. The van der Waals surface area contributed by atoms with Crippen LogP contribution in [0.2, 0.25) is 0 Å². The SMILES string of the molecule is O=C(NCCc1ccco1)c1cccc(F)c1Br. The first kappa shape index (κ1) is 12.8. The second-order valence-corrected chi connectivity index (χ2v) is 4.48. The van der Waals surface area contributed by atoms with Crippen molar-refractivity contribution in [1.82, 2.24) is 5.32 Å². The van der Waals surface area contributed by atoms with Crippen LogP contribution >= 0.6 is 15.9 Å². The van der Waals surface area contributed by atoms with Crippen molar-refractivity contribution < 1.29 is 13.6 Å². The van der Waals surface area contributed by atoms with E-state index in [9.17, 15) is 9.18 Å². The molecule has 0 fully saturated rings. The maximum atomic E-state index is 13.2. The lowest BCUT2D eigenvalue weighted by molar-refractivity contribution is 0.0952. The van der Waals surface area contributed by atoms with Crippen LogP contribution in [0.3, 0.4) is 0 Å². The summed E-state index contributed by atoms with van der Waals surface area (Å²) in [6, 6.07) is 7.99. The molecule has 0 saturated heterocycles. The molecule has 0 bridgehead atoms. The van der Waals surface area contributed by atoms with Crippen molar-refractivity contribution in [2.45, 2.75) is 6.42 Å². The summed E-state index contributed by atoms with van der Waals surface area (Å²) in [5.41, 5.74) is 0.287. The monoisotopic (exact) mass is 311 g/mol. The minimum atomic E-state index is -0.450. The molecule has 5 heteroatoms. The third-order valence-corrected chi connectivity index (χ3v) is 3.24. The predicted octanol–water partition coefficient (Wildman–Crippen LogP) is 3.15. The fraction of sp³-hybridized carbons (Fsp3) is 0.154. The Bertz CT molecular complexity index is 540. The summed E-state index contributed by atoms with van der Waals surface area (Å²) in [6.45, 7) is 0.440. The highest BCUT2D eigenvalue weighted by atomic mass is 79.9. The van der Waals surface area contributed by atoms with Crippen LogP contribution < -0.4 is 5.32 Å². The molecule has 18 heavy (non-hydrogen) atoms. The lowest BCUT2D eigenvalue weighted by Crippen LogP contribution is -2.26. The van der Waals surface area contributed by atoms with Crippen LogP contribution in [0.5, 0.6) is 0 Å². The van der Waals surface area contributed by atoms with Gasteiger partial charge in [0.1, 0.15) is 11.6 Å². The van der Waals surface area contributed by atoms with Crippen molar-refractivity contribution in [3.63, 3.8) is 0 Å². The molecule has 3 nitrogen and oxygen atoms in total. The van der Waals surface area contributed by atoms with E-state index >= 15 is 0 Å². The lowest BCUT2D eigenvalue weighted by atomic mass is 10.2. The number of carbonyl (C=O) groups is 1. The van der Waals surface area contributed by atoms with Crippen molar-refractivity contribution in [2.24, 2.45) is 0 Å². The molecular formula is C13H11BrFNO2. The molecule has 1 N–H and O–H groups in total. The number of rotatable bonds is 4. The van der Waals surface area contributed by atoms with Crippen LogP contribution in [-0.4, -0.2) is 12.5 Å². The fourth-order valence-corrected chi connectivity index (χ4v) is 1.97. The van der Waals surface area contributed by atoms with Crippen LogP contribution in [-0.2, 0) is 6.42 Å². The number of hydrogen-bond acceptors (Lipinski definition) is 2. The predicted molar refractivity (Wildman–Crippen MR) is 68.8 cm³/mol. The summed E-state index contributed by atoms with van der Waals surface area (Å²) < 4.78 is 18.6. The van der Waals surface area contributed by atoms with Gasteiger partial charge in [-0.2, -0.15) is 0 Å². The van der Waals surface area contributed by atoms with Crippen LogP contribution in [0, 0.1) is 5.82 Å². The van der Waals surface area contributed by atoms with Gasteiger partial charge < -0.3 is 9.73 Å². The van der Waals surface area contributed by atoms with Gasteiger partial charge in [0, 0.05) is 13.0 Å². The average Bonchev–Trinajstić information content (AvgIpc) is 2.85. The summed E-state index contributed by atoms with van der Waals surface area (Å²) in [5, 5.41) is 2.71. The highest BCUT2D eigenvalue weighted by Crippen LogP contribution is 2.20. The molecular weight excluding hydrogens is 301 g/mol. The van der Waals surface area contributed by atoms with E-state index in [-0.39, 0.29) is 15.9 Å². The van der Waals surface area contributed by atoms with Gasteiger partial charge in [-0.3, -0.25) is 4.79 Å². The van der Waals surface area contributed by atoms with Crippen LogP contribution in [0.15, 0.2) is 45.5 Å². The van der Waals surface area contributed by atoms with Gasteiger partial charge in [0.25, 0.3) is 5.91 Å². The van der Waals surface area contributed by atoms with E-state index in [0.29, 0.717) is 13.0 Å². The zero-order chi connectivity index (χ0) is 13.0. The zero-order valence-electron chi connectivity index (χ0n) is 9.45. The first-order chi connectivity index (χ1) is 8.68. The number of benzene rings is 1. The Balaban J connectivity index is 1.93. The average molecular weight is 312 g/mol. The topological polar surface area (TPSA) is 42.2 Å². The number of nitrogens with one attached hydrogen (secondary N) is 1. The second-order valence-electron chi connectivity index (χ2n) is 3.69. The second kappa shape index (κ2) is 5.82. The van der Waals surface area contributed by atoms with E-state index in [0.717, 1.165) is 5.76 Å². The van der Waals surface area contributed by atoms with E-state index in [1.54, 1.807) is 18.4 Å². The van der Waals surface area contributed by atoms with Gasteiger partial charge in [0.2, 0.25) is 0 Å². The van der Waals surface area contributed by atoms with Gasteiger partial charge >= 0.3 is 0 Å². The van der Waals surface area contributed by atoms with Crippen LogP contribution in [0.25, 0.3) is 0 Å². The third kappa shape index (κ3) is 2.98. The van der Waals surface area contributed by atoms with Gasteiger partial charge in [-0.15, -0.1) is 0 Å². The van der Waals surface area contributed by atoms with Gasteiger partial charge in [-0.25, -0.2) is 4.39 Å². The molecule has 0 aliphatic rings. The molecule has 2 rings (SSSR count). The zero-order valence-corrected chi connectivity index (χ0v) is 11.0. The van der Waals surface area contributed by atoms with E-state index in [4.69, 9.17) is 4.42 Å². The molecule has 0 atom stereocenters. The lowest BCUT2D eigenvalue weighted by Gasteiger charge is -2.06. The van der Waals surface area contributed by atoms with Crippen LogP contribution in [0.1, 0.15) is 16.1 Å². The van der Waals surface area contributed by atoms with Crippen molar-refractivity contribution >= 4 is 21.8 Å². The summed E-state index contributed by atoms with van der Waals surface area (Å²) >= 11 is 3.06. The van der Waals surface area contributed by atoms with Gasteiger partial charge in [0.05, 0.1) is 16.3 Å². The highest BCUT2D eigenvalue weighted by Gasteiger charge is 2.12. The molecule has 1 amide bonds. The van der Waals surface area contributed by atoms with Crippen molar-refractivity contribution in [3.8, 4) is 0 Å². The van der Waals surface area contributed by atoms with Gasteiger partial charge in [-0.1, -0.05) is 6.07 Å². The Labute approximate surface area is 112 Å². The number of amides is 1. The van der Waals surface area contributed by atoms with Crippen LogP contribution in [0.4, 0.5) is 4.39 Å². The minimum Gasteiger partial charge on any atom is -0.469 e. The fourth-order valence-electron chi connectivity index (χ4n) is 1.53. The Morgan fingerprint density at radius 3 is 2.89 bits per heavy atom. The maximum Gasteiger partial charge on any atom is 0.252 e. The molecule has 2 aromatic rings. The Kier molecular flexibility index (Phi) is 4.15. The first-order valence-corrected chi connectivity index (χ1v) is 6.22. The van der Waals surface area contributed by atoms with Crippen molar-refractivity contribution in [2.75, 3.05) is 6.54 Å². The molecule has 1 aromatic carbocycles. The number of carbonyl (C=O) groups excluding carboxylic acids is 1. The van der Waals surface area contributed by atoms with Gasteiger partial charge in [-0.05, 0) is 40.2 Å². The quantitative estimate of drug-likeness (QED) is 0.942. The first-order valence-electron chi connectivity index (χ1n) is 5.43. The third-order valence-electron chi connectivity index (χ3n) is 2.43. The molecule has 0 spiro atoms. The molecule has 1 heterocycles. The van der Waals surface area contributed by atoms with E-state index in [2.05, 4.69) is 21.2 Å². The molecule has 94 valence electrons. The van der Waals surface area contributed by atoms with Crippen molar-refractivity contribution in [3.05, 3.63) is 58.2 Å². The molecule has 0 radical (unpaired) electrons. The van der Waals surface area contributed by atoms with Gasteiger partial charge in [0.15, 0.2) is 0 Å². The molecule has 0 aliphatic heterocycles. The summed E-state index contributed by atoms with van der Waals surface area (Å²) in [5.74, 6) is 0.0372. The number of hydrogen-bond donors (Lipinski definition) is 1. The Morgan fingerprint density at radius 1 is 1.33 bits per heavy atom. The van der Waals surface area contributed by atoms with Crippen molar-refractivity contribution in [1.29, 1.82) is 0 Å². The Morgan fingerprint density at radius 2 is 2.17 bits per heavy atom. The smallest absolute Gasteiger partial charge is 0.252 e. The molecule has 1 aromatic heterocycles. The number of furan rings is 1. The maximum absolute atomic E-state index is 13.2. The largest absolute Gasteiger partial charge is 0.469 e. The van der Waals surface area contributed by atoms with E-state index in [1.165, 1.54) is 12.1 Å². The molecule has 0 saturated carbocycles. The van der Waals surface area contributed by atoms with E-state index < -0.39 is 5.82 Å². The number of halogens is 2. The van der Waals surface area contributed by atoms with E-state index in [1.807, 2.05) is 6.07 Å². The minimum absolute atomic E-state index is 0.181. The summed E-state index contributed by atoms with van der Waals surface area (Å²) in [7, 11) is 0. The highest BCUT2D eigenvalue weighted by molar-refractivity contribution is 9.10. The molecule has 0 unspecified atom stereocenters. The summed E-state index contributed by atoms with van der Waals surface area (Å²) in [6.07, 6.45) is 2.19. The summed E-state index contributed by atoms with van der Waals surface area (Å²) in [4.78, 5) is 11.8. The molecule has 0 aliphatic carbocycles.